The maximum absolute atomic E-state index is 11.9. The molecule has 29 heavy (non-hydrogen) atoms. The van der Waals surface area contributed by atoms with E-state index in [9.17, 15) is 19.5 Å². The maximum atomic E-state index is 11.9. The highest BCUT2D eigenvalue weighted by Crippen LogP contribution is 2.35. The third-order valence-electron chi connectivity index (χ3n) is 3.85. The highest BCUT2D eigenvalue weighted by molar-refractivity contribution is 7.80. The lowest BCUT2D eigenvalue weighted by Crippen LogP contribution is -2.51. The number of nitrogens with one attached hydrogen (secondary N) is 2. The molecule has 1 aliphatic rings. The number of benzene rings is 2. The molecule has 1 heterocycles. The summed E-state index contributed by atoms with van der Waals surface area (Å²) in [6.45, 7) is 0.0927. The molecule has 0 saturated carbocycles. The lowest BCUT2D eigenvalue weighted by atomic mass is 10.1. The summed E-state index contributed by atoms with van der Waals surface area (Å²) in [7, 11) is 0. The number of thiocarbonyl (C=S) groups is 1. The number of hydrogen-bond donors (Lipinski definition) is 2. The number of carboxylic acids is 1. The van der Waals surface area contributed by atoms with E-state index in [1.165, 1.54) is 30.3 Å². The van der Waals surface area contributed by atoms with E-state index in [1.807, 2.05) is 0 Å². The second-order valence-electron chi connectivity index (χ2n) is 5.88. The predicted molar refractivity (Wildman–Crippen MR) is 108 cm³/mol. The van der Waals surface area contributed by atoms with Crippen LogP contribution in [0.3, 0.4) is 0 Å². The summed E-state index contributed by atoms with van der Waals surface area (Å²) in [6.07, 6.45) is 1.33. The number of carbonyl (C=O) groups is 3. The van der Waals surface area contributed by atoms with Crippen LogP contribution in [0, 0.1) is 0 Å². The van der Waals surface area contributed by atoms with Gasteiger partial charge >= 0.3 is 0 Å². The van der Waals surface area contributed by atoms with Crippen LogP contribution in [0.2, 0.25) is 10.0 Å². The minimum Gasteiger partial charge on any atom is -0.545 e. The van der Waals surface area contributed by atoms with Gasteiger partial charge in [-0.05, 0) is 47.1 Å². The standard InChI is InChI=1S/C19H12Cl2N2O5S/c20-13-6-10(5-12-16(24)22-19(29)23-17(12)25)7-14(21)15(13)28-8-9-1-3-11(4-2-9)18(26)27/h1-7H,8H2,(H,26,27)(H2,22,23,24,25,29)/p-1. The summed E-state index contributed by atoms with van der Waals surface area (Å²) in [6, 6.07) is 8.94. The van der Waals surface area contributed by atoms with Crippen molar-refractivity contribution in [3.63, 3.8) is 0 Å². The highest BCUT2D eigenvalue weighted by Gasteiger charge is 2.25. The average Bonchev–Trinajstić information content (AvgIpc) is 2.64. The highest BCUT2D eigenvalue weighted by atomic mass is 35.5. The van der Waals surface area contributed by atoms with Crippen molar-refractivity contribution >= 4 is 64.4 Å². The molecule has 0 spiro atoms. The van der Waals surface area contributed by atoms with Gasteiger partial charge in [-0.15, -0.1) is 0 Å². The number of rotatable bonds is 5. The molecule has 2 aromatic carbocycles. The number of amides is 2. The van der Waals surface area contributed by atoms with Crippen LogP contribution in [-0.4, -0.2) is 22.9 Å². The van der Waals surface area contributed by atoms with Crippen molar-refractivity contribution < 1.29 is 24.2 Å². The Morgan fingerprint density at radius 2 is 1.62 bits per heavy atom. The first-order valence-electron chi connectivity index (χ1n) is 8.05. The molecule has 2 N–H and O–H groups in total. The first kappa shape index (κ1) is 20.8. The Morgan fingerprint density at radius 1 is 1.07 bits per heavy atom. The molecule has 10 heteroatoms. The number of halogens is 2. The SMILES string of the molecule is O=C1NC(=S)NC(=O)C1=Cc1cc(Cl)c(OCc2ccc(C(=O)[O-])cc2)c(Cl)c1. The largest absolute Gasteiger partial charge is 0.545 e. The molecule has 0 aliphatic carbocycles. The van der Waals surface area contributed by atoms with Gasteiger partial charge in [0, 0.05) is 0 Å². The third-order valence-corrected chi connectivity index (χ3v) is 4.61. The average molecular weight is 450 g/mol. The lowest BCUT2D eigenvalue weighted by Gasteiger charge is -2.16. The van der Waals surface area contributed by atoms with Gasteiger partial charge in [0.25, 0.3) is 11.8 Å². The summed E-state index contributed by atoms with van der Waals surface area (Å²) in [5.41, 5.74) is 1.02. The molecule has 7 nitrogen and oxygen atoms in total. The first-order chi connectivity index (χ1) is 13.7. The zero-order chi connectivity index (χ0) is 21.1. The lowest BCUT2D eigenvalue weighted by molar-refractivity contribution is -0.255. The van der Waals surface area contributed by atoms with Gasteiger partial charge in [-0.2, -0.15) is 0 Å². The van der Waals surface area contributed by atoms with Gasteiger partial charge in [0.05, 0.1) is 16.0 Å². The molecule has 1 fully saturated rings. The van der Waals surface area contributed by atoms with E-state index in [0.29, 0.717) is 11.1 Å². The molecule has 3 rings (SSSR count). The van der Waals surface area contributed by atoms with Crippen LogP contribution in [0.1, 0.15) is 21.5 Å². The quantitative estimate of drug-likeness (QED) is 0.409. The van der Waals surface area contributed by atoms with Gasteiger partial charge in [-0.3, -0.25) is 20.2 Å². The molecular formula is C19H11Cl2N2O5S-. The number of ether oxygens (including phenoxy) is 1. The topological polar surface area (TPSA) is 108 Å². The molecule has 2 aromatic rings. The molecule has 1 aliphatic heterocycles. The second kappa shape index (κ2) is 8.60. The van der Waals surface area contributed by atoms with Crippen LogP contribution in [0.4, 0.5) is 0 Å². The fourth-order valence-corrected chi connectivity index (χ4v) is 3.26. The van der Waals surface area contributed by atoms with E-state index in [0.717, 1.165) is 0 Å². The van der Waals surface area contributed by atoms with Gasteiger partial charge in [0.1, 0.15) is 12.2 Å². The number of aromatic carboxylic acids is 1. The number of hydrogen-bond acceptors (Lipinski definition) is 6. The molecule has 148 valence electrons. The Kier molecular flexibility index (Phi) is 6.17. The van der Waals surface area contributed by atoms with Crippen LogP contribution in [0.5, 0.6) is 5.75 Å². The first-order valence-corrected chi connectivity index (χ1v) is 9.21. The minimum absolute atomic E-state index is 0.0544. The third kappa shape index (κ3) is 4.92. The monoisotopic (exact) mass is 449 g/mol. The van der Waals surface area contributed by atoms with Gasteiger partial charge in [-0.25, -0.2) is 0 Å². The van der Waals surface area contributed by atoms with Crippen LogP contribution < -0.4 is 20.5 Å². The van der Waals surface area contributed by atoms with E-state index in [2.05, 4.69) is 10.6 Å². The smallest absolute Gasteiger partial charge is 0.263 e. The van der Waals surface area contributed by atoms with Crippen LogP contribution >= 0.6 is 35.4 Å². The minimum atomic E-state index is -1.27. The number of carboxylic acid groups (broad SMARTS) is 1. The van der Waals surface area contributed by atoms with Crippen LogP contribution in [-0.2, 0) is 16.2 Å². The zero-order valence-electron chi connectivity index (χ0n) is 14.5. The van der Waals surface area contributed by atoms with Gasteiger partial charge in [-0.1, -0.05) is 47.5 Å². The molecular weight excluding hydrogens is 439 g/mol. The van der Waals surface area contributed by atoms with Crippen molar-refractivity contribution in [2.45, 2.75) is 6.61 Å². The van der Waals surface area contributed by atoms with Gasteiger partial charge < -0.3 is 14.6 Å². The van der Waals surface area contributed by atoms with Crippen molar-refractivity contribution in [2.24, 2.45) is 0 Å². The number of carbonyl (C=O) groups excluding carboxylic acids is 3. The Hall–Kier alpha value is -2.94. The van der Waals surface area contributed by atoms with Gasteiger partial charge in [0.15, 0.2) is 10.9 Å². The molecule has 2 amide bonds. The fraction of sp³-hybridized carbons (Fsp3) is 0.0526. The van der Waals surface area contributed by atoms with E-state index < -0.39 is 17.8 Å². The molecule has 0 atom stereocenters. The second-order valence-corrected chi connectivity index (χ2v) is 7.10. The van der Waals surface area contributed by atoms with Crippen molar-refractivity contribution in [3.8, 4) is 5.75 Å². The molecule has 0 unspecified atom stereocenters. The molecule has 0 radical (unpaired) electrons. The summed E-state index contributed by atoms with van der Waals surface area (Å²) in [5, 5.41) is 15.7. The van der Waals surface area contributed by atoms with E-state index in [4.69, 9.17) is 40.2 Å². The van der Waals surface area contributed by atoms with E-state index in [1.54, 1.807) is 12.1 Å². The molecule has 0 aromatic heterocycles. The maximum Gasteiger partial charge on any atom is 0.263 e. The summed E-state index contributed by atoms with van der Waals surface area (Å²) >= 11 is 17.2. The normalized spacial score (nSPS) is 13.6. The molecule has 0 bridgehead atoms. The Bertz CT molecular complexity index is 1020. The van der Waals surface area contributed by atoms with Crippen molar-refractivity contribution in [2.75, 3.05) is 0 Å². The Morgan fingerprint density at radius 3 is 2.14 bits per heavy atom. The van der Waals surface area contributed by atoms with E-state index in [-0.39, 0.29) is 38.7 Å². The zero-order valence-corrected chi connectivity index (χ0v) is 16.8. The van der Waals surface area contributed by atoms with E-state index >= 15 is 0 Å². The summed E-state index contributed by atoms with van der Waals surface area (Å²) in [4.78, 5) is 34.6. The summed E-state index contributed by atoms with van der Waals surface area (Å²) < 4.78 is 5.63. The van der Waals surface area contributed by atoms with Crippen molar-refractivity contribution in [1.29, 1.82) is 0 Å². The van der Waals surface area contributed by atoms with Crippen molar-refractivity contribution in [3.05, 3.63) is 68.7 Å². The molecule has 1 saturated heterocycles. The van der Waals surface area contributed by atoms with Crippen LogP contribution in [0.25, 0.3) is 6.08 Å². The Balaban J connectivity index is 1.78. The predicted octanol–water partition coefficient (Wildman–Crippen LogP) is 1.85. The Labute approximate surface area is 180 Å². The summed E-state index contributed by atoms with van der Waals surface area (Å²) in [5.74, 6) is -2.33. The fourth-order valence-electron chi connectivity index (χ4n) is 2.47. The van der Waals surface area contributed by atoms with Crippen molar-refractivity contribution in [1.82, 2.24) is 10.6 Å². The van der Waals surface area contributed by atoms with Gasteiger partial charge in [0.2, 0.25) is 0 Å². The van der Waals surface area contributed by atoms with Crippen LogP contribution in [0.15, 0.2) is 42.0 Å².